The first-order chi connectivity index (χ1) is 10.0. The summed E-state index contributed by atoms with van der Waals surface area (Å²) >= 11 is 3.44. The maximum absolute atomic E-state index is 8.69. The number of nitrogens with two attached hydrogens (primary N) is 1. The lowest BCUT2D eigenvalue weighted by molar-refractivity contribution is 0.303. The van der Waals surface area contributed by atoms with Gasteiger partial charge in [-0.3, -0.25) is 0 Å². The van der Waals surface area contributed by atoms with Gasteiger partial charge in [0, 0.05) is 10.0 Å². The number of benzene rings is 2. The standard InChI is InChI=1S/C16H17BrN2O2/c1-10-3-6-14(17)8-15(10)21-9-13-5-4-12(7-11(13)2)16(18)19-20/h3-8,20H,9H2,1-2H3,(H2,18,19). The molecule has 2 rings (SSSR count). The van der Waals surface area contributed by atoms with Crippen LogP contribution in [0.25, 0.3) is 0 Å². The highest BCUT2D eigenvalue weighted by Gasteiger charge is 2.06. The zero-order valence-electron chi connectivity index (χ0n) is 11.9. The van der Waals surface area contributed by atoms with Gasteiger partial charge in [-0.2, -0.15) is 0 Å². The topological polar surface area (TPSA) is 67.8 Å². The van der Waals surface area contributed by atoms with E-state index in [4.69, 9.17) is 15.7 Å². The van der Waals surface area contributed by atoms with Crippen molar-refractivity contribution in [2.24, 2.45) is 10.9 Å². The van der Waals surface area contributed by atoms with E-state index >= 15 is 0 Å². The second-order valence-corrected chi connectivity index (χ2v) is 5.74. The molecule has 4 nitrogen and oxygen atoms in total. The van der Waals surface area contributed by atoms with E-state index in [1.165, 1.54) is 0 Å². The van der Waals surface area contributed by atoms with Crippen molar-refractivity contribution in [3.63, 3.8) is 0 Å². The van der Waals surface area contributed by atoms with Crippen molar-refractivity contribution in [1.29, 1.82) is 0 Å². The summed E-state index contributed by atoms with van der Waals surface area (Å²) in [5, 5.41) is 11.7. The summed E-state index contributed by atoms with van der Waals surface area (Å²) in [6.45, 7) is 4.45. The van der Waals surface area contributed by atoms with Crippen molar-refractivity contribution >= 4 is 21.8 Å². The van der Waals surface area contributed by atoms with Crippen LogP contribution in [0.5, 0.6) is 5.75 Å². The molecule has 0 spiro atoms. The zero-order valence-corrected chi connectivity index (χ0v) is 13.5. The minimum atomic E-state index is 0.105. The fourth-order valence-corrected chi connectivity index (χ4v) is 2.30. The van der Waals surface area contributed by atoms with Gasteiger partial charge in [-0.05, 0) is 48.7 Å². The van der Waals surface area contributed by atoms with Gasteiger partial charge in [0.05, 0.1) is 0 Å². The van der Waals surface area contributed by atoms with Crippen molar-refractivity contribution in [3.8, 4) is 5.75 Å². The molecule has 110 valence electrons. The number of nitrogens with zero attached hydrogens (tertiary/aromatic N) is 1. The Labute approximate surface area is 132 Å². The van der Waals surface area contributed by atoms with Crippen LogP contribution in [0.1, 0.15) is 22.3 Å². The summed E-state index contributed by atoms with van der Waals surface area (Å²) in [6, 6.07) is 11.6. The number of hydrogen-bond acceptors (Lipinski definition) is 3. The minimum Gasteiger partial charge on any atom is -0.489 e. The molecule has 0 aliphatic rings. The van der Waals surface area contributed by atoms with E-state index in [0.29, 0.717) is 12.2 Å². The normalized spacial score (nSPS) is 11.5. The summed E-state index contributed by atoms with van der Waals surface area (Å²) in [4.78, 5) is 0. The molecule has 0 fully saturated rings. The molecular formula is C16H17BrN2O2. The van der Waals surface area contributed by atoms with E-state index in [1.54, 1.807) is 0 Å². The Morgan fingerprint density at radius 1 is 1.19 bits per heavy atom. The number of rotatable bonds is 4. The maximum atomic E-state index is 8.69. The number of halogens is 1. The van der Waals surface area contributed by atoms with Crippen molar-refractivity contribution < 1.29 is 9.94 Å². The Kier molecular flexibility index (Phi) is 4.85. The molecule has 2 aromatic carbocycles. The lowest BCUT2D eigenvalue weighted by atomic mass is 10.1. The van der Waals surface area contributed by atoms with Crippen molar-refractivity contribution in [1.82, 2.24) is 0 Å². The van der Waals surface area contributed by atoms with Crippen LogP contribution in [0.15, 0.2) is 46.0 Å². The number of ether oxygens (including phenoxy) is 1. The molecule has 5 heteroatoms. The second-order valence-electron chi connectivity index (χ2n) is 4.82. The van der Waals surface area contributed by atoms with Crippen LogP contribution in [0.4, 0.5) is 0 Å². The summed E-state index contributed by atoms with van der Waals surface area (Å²) in [5.74, 6) is 0.956. The molecular weight excluding hydrogens is 332 g/mol. The maximum Gasteiger partial charge on any atom is 0.170 e. The minimum absolute atomic E-state index is 0.105. The number of hydrogen-bond donors (Lipinski definition) is 2. The van der Waals surface area contributed by atoms with Gasteiger partial charge in [-0.15, -0.1) is 0 Å². The van der Waals surface area contributed by atoms with Gasteiger partial charge in [0.1, 0.15) is 12.4 Å². The van der Waals surface area contributed by atoms with Crippen LogP contribution >= 0.6 is 15.9 Å². The first-order valence-electron chi connectivity index (χ1n) is 6.47. The van der Waals surface area contributed by atoms with Crippen molar-refractivity contribution in [2.45, 2.75) is 20.5 Å². The monoisotopic (exact) mass is 348 g/mol. The SMILES string of the molecule is Cc1cc(/C(N)=N/O)ccc1COc1cc(Br)ccc1C. The van der Waals surface area contributed by atoms with E-state index in [0.717, 1.165) is 26.9 Å². The lowest BCUT2D eigenvalue weighted by Crippen LogP contribution is -2.13. The average molecular weight is 349 g/mol. The van der Waals surface area contributed by atoms with E-state index in [9.17, 15) is 0 Å². The summed E-state index contributed by atoms with van der Waals surface area (Å²) in [6.07, 6.45) is 0. The molecule has 0 saturated carbocycles. The van der Waals surface area contributed by atoms with E-state index < -0.39 is 0 Å². The molecule has 0 radical (unpaired) electrons. The van der Waals surface area contributed by atoms with E-state index in [2.05, 4.69) is 21.1 Å². The third kappa shape index (κ3) is 3.76. The molecule has 0 aliphatic heterocycles. The smallest absolute Gasteiger partial charge is 0.170 e. The summed E-state index contributed by atoms with van der Waals surface area (Å²) in [7, 11) is 0. The molecule has 0 saturated heterocycles. The van der Waals surface area contributed by atoms with E-state index in [1.807, 2.05) is 50.2 Å². The van der Waals surface area contributed by atoms with Crippen LogP contribution in [0, 0.1) is 13.8 Å². The highest BCUT2D eigenvalue weighted by molar-refractivity contribution is 9.10. The Balaban J connectivity index is 2.15. The van der Waals surface area contributed by atoms with Gasteiger partial charge >= 0.3 is 0 Å². The first kappa shape index (κ1) is 15.4. The second kappa shape index (κ2) is 6.63. The van der Waals surface area contributed by atoms with Crippen LogP contribution in [-0.4, -0.2) is 11.0 Å². The fourth-order valence-electron chi connectivity index (χ4n) is 1.96. The number of aryl methyl sites for hydroxylation is 2. The predicted molar refractivity (Wildman–Crippen MR) is 86.9 cm³/mol. The summed E-state index contributed by atoms with van der Waals surface area (Å²) < 4.78 is 6.86. The van der Waals surface area contributed by atoms with E-state index in [-0.39, 0.29) is 5.84 Å². The van der Waals surface area contributed by atoms with Crippen LogP contribution < -0.4 is 10.5 Å². The highest BCUT2D eigenvalue weighted by atomic mass is 79.9. The van der Waals surface area contributed by atoms with Gasteiger partial charge in [0.25, 0.3) is 0 Å². The number of oxime groups is 1. The fraction of sp³-hybridized carbons (Fsp3) is 0.188. The van der Waals surface area contributed by atoms with Gasteiger partial charge < -0.3 is 15.7 Å². The van der Waals surface area contributed by atoms with Crippen molar-refractivity contribution in [3.05, 3.63) is 63.1 Å². The molecule has 0 aliphatic carbocycles. The van der Waals surface area contributed by atoms with Crippen LogP contribution in [0.2, 0.25) is 0 Å². The van der Waals surface area contributed by atoms with Crippen LogP contribution in [0.3, 0.4) is 0 Å². The Morgan fingerprint density at radius 3 is 2.62 bits per heavy atom. The third-order valence-electron chi connectivity index (χ3n) is 3.28. The Morgan fingerprint density at radius 2 is 1.95 bits per heavy atom. The van der Waals surface area contributed by atoms with Crippen molar-refractivity contribution in [2.75, 3.05) is 0 Å². The lowest BCUT2D eigenvalue weighted by Gasteiger charge is -2.12. The molecule has 21 heavy (non-hydrogen) atoms. The molecule has 0 aromatic heterocycles. The largest absolute Gasteiger partial charge is 0.489 e. The highest BCUT2D eigenvalue weighted by Crippen LogP contribution is 2.24. The zero-order chi connectivity index (χ0) is 15.4. The predicted octanol–water partition coefficient (Wildman–Crippen LogP) is 3.74. The molecule has 2 aromatic rings. The Bertz CT molecular complexity index is 684. The first-order valence-corrected chi connectivity index (χ1v) is 7.27. The molecule has 0 atom stereocenters. The molecule has 3 N–H and O–H groups in total. The molecule has 0 heterocycles. The quantitative estimate of drug-likeness (QED) is 0.382. The van der Waals surface area contributed by atoms with Gasteiger partial charge in [0.15, 0.2) is 5.84 Å². The van der Waals surface area contributed by atoms with Gasteiger partial charge in [-0.1, -0.05) is 39.3 Å². The number of amidine groups is 1. The molecule has 0 unspecified atom stereocenters. The Hall–Kier alpha value is -2.01. The third-order valence-corrected chi connectivity index (χ3v) is 3.77. The molecule has 0 amide bonds. The van der Waals surface area contributed by atoms with Gasteiger partial charge in [-0.25, -0.2) is 0 Å². The van der Waals surface area contributed by atoms with Gasteiger partial charge in [0.2, 0.25) is 0 Å². The average Bonchev–Trinajstić information content (AvgIpc) is 2.48. The molecule has 0 bridgehead atoms. The summed E-state index contributed by atoms with van der Waals surface area (Å²) in [5.41, 5.74) is 9.45. The van der Waals surface area contributed by atoms with Crippen LogP contribution in [-0.2, 0) is 6.61 Å².